The Morgan fingerprint density at radius 1 is 0.882 bits per heavy atom. The predicted molar refractivity (Wildman–Crippen MR) is 78.9 cm³/mol. The van der Waals surface area contributed by atoms with Crippen LogP contribution in [0.3, 0.4) is 0 Å². The van der Waals surface area contributed by atoms with Gasteiger partial charge in [-0.1, -0.05) is 66.2 Å². The molecule has 1 radical (unpaired) electrons. The first-order valence-corrected chi connectivity index (χ1v) is 7.85. The van der Waals surface area contributed by atoms with Crippen molar-refractivity contribution in [1.29, 1.82) is 0 Å². The maximum atomic E-state index is 3.58. The van der Waals surface area contributed by atoms with Crippen LogP contribution in [0, 0.1) is 18.4 Å². The van der Waals surface area contributed by atoms with E-state index >= 15 is 0 Å². The van der Waals surface area contributed by atoms with Gasteiger partial charge in [-0.25, -0.2) is 0 Å². The standard InChI is InChI=1S/C16H34N/c1-5-9-11-15(7-3)13-17-14-16(8-4)12-10-6-2/h13,15-17H,5-12,14H2,1-4H3. The van der Waals surface area contributed by atoms with Crippen molar-refractivity contribution in [3.63, 3.8) is 0 Å². The highest BCUT2D eigenvalue weighted by Gasteiger charge is 2.08. The van der Waals surface area contributed by atoms with Crippen LogP contribution in [0.15, 0.2) is 0 Å². The van der Waals surface area contributed by atoms with Gasteiger partial charge >= 0.3 is 0 Å². The molecular formula is C16H34N. The largest absolute Gasteiger partial charge is 0.312 e. The summed E-state index contributed by atoms with van der Waals surface area (Å²) in [4.78, 5) is 0. The molecule has 0 rings (SSSR count). The molecule has 103 valence electrons. The van der Waals surface area contributed by atoms with Gasteiger partial charge in [0.1, 0.15) is 0 Å². The summed E-state index contributed by atoms with van der Waals surface area (Å²) in [7, 11) is 0. The fraction of sp³-hybridized carbons (Fsp3) is 0.938. The molecule has 2 unspecified atom stereocenters. The molecule has 0 aliphatic carbocycles. The molecule has 1 N–H and O–H groups in total. The Labute approximate surface area is 110 Å². The van der Waals surface area contributed by atoms with Crippen LogP contribution < -0.4 is 5.32 Å². The third-order valence-electron chi connectivity index (χ3n) is 3.76. The van der Waals surface area contributed by atoms with Gasteiger partial charge in [0, 0.05) is 6.54 Å². The third-order valence-corrected chi connectivity index (χ3v) is 3.76. The van der Waals surface area contributed by atoms with Crippen LogP contribution in [0.2, 0.25) is 0 Å². The van der Waals surface area contributed by atoms with Gasteiger partial charge in [-0.05, 0) is 31.2 Å². The Morgan fingerprint density at radius 3 is 2.06 bits per heavy atom. The first-order chi connectivity index (χ1) is 8.28. The van der Waals surface area contributed by atoms with Gasteiger partial charge in [-0.15, -0.1) is 0 Å². The van der Waals surface area contributed by atoms with Gasteiger partial charge in [-0.3, -0.25) is 0 Å². The zero-order chi connectivity index (χ0) is 12.9. The molecule has 0 bridgehead atoms. The second-order valence-electron chi connectivity index (χ2n) is 5.30. The lowest BCUT2D eigenvalue weighted by Crippen LogP contribution is -2.23. The molecule has 0 aromatic rings. The third kappa shape index (κ3) is 9.64. The van der Waals surface area contributed by atoms with E-state index in [0.717, 1.165) is 11.8 Å². The quantitative estimate of drug-likeness (QED) is 0.496. The van der Waals surface area contributed by atoms with Gasteiger partial charge < -0.3 is 5.32 Å². The van der Waals surface area contributed by atoms with Gasteiger partial charge in [0.15, 0.2) is 0 Å². The van der Waals surface area contributed by atoms with Crippen LogP contribution in [0.4, 0.5) is 0 Å². The fourth-order valence-corrected chi connectivity index (χ4v) is 2.22. The summed E-state index contributed by atoms with van der Waals surface area (Å²) < 4.78 is 0. The minimum Gasteiger partial charge on any atom is -0.312 e. The Kier molecular flexibility index (Phi) is 12.4. The summed E-state index contributed by atoms with van der Waals surface area (Å²) in [5.41, 5.74) is 0. The van der Waals surface area contributed by atoms with Gasteiger partial charge in [-0.2, -0.15) is 0 Å². The number of nitrogens with one attached hydrogen (secondary N) is 1. The zero-order valence-electron chi connectivity index (χ0n) is 12.6. The highest BCUT2D eigenvalue weighted by molar-refractivity contribution is 4.74. The molecule has 0 saturated heterocycles. The van der Waals surface area contributed by atoms with Crippen molar-refractivity contribution in [2.45, 2.75) is 79.1 Å². The number of hydrogen-bond donors (Lipinski definition) is 1. The van der Waals surface area contributed by atoms with Crippen molar-refractivity contribution in [1.82, 2.24) is 5.32 Å². The molecular weight excluding hydrogens is 206 g/mol. The van der Waals surface area contributed by atoms with Crippen LogP contribution in [0.5, 0.6) is 0 Å². The lowest BCUT2D eigenvalue weighted by Gasteiger charge is -2.19. The summed E-state index contributed by atoms with van der Waals surface area (Å²) in [5.74, 6) is 1.65. The fourth-order valence-electron chi connectivity index (χ4n) is 2.22. The molecule has 2 atom stereocenters. The van der Waals surface area contributed by atoms with Crippen LogP contribution in [0.1, 0.15) is 79.1 Å². The van der Waals surface area contributed by atoms with Crippen molar-refractivity contribution >= 4 is 0 Å². The molecule has 1 nitrogen and oxygen atoms in total. The lowest BCUT2D eigenvalue weighted by molar-refractivity contribution is 0.406. The molecule has 0 aliphatic heterocycles. The van der Waals surface area contributed by atoms with E-state index in [1.54, 1.807) is 0 Å². The van der Waals surface area contributed by atoms with Crippen LogP contribution in [-0.2, 0) is 0 Å². The van der Waals surface area contributed by atoms with Crippen molar-refractivity contribution < 1.29 is 0 Å². The second kappa shape index (κ2) is 12.4. The monoisotopic (exact) mass is 240 g/mol. The van der Waals surface area contributed by atoms with Crippen LogP contribution >= 0.6 is 0 Å². The molecule has 0 amide bonds. The Balaban J connectivity index is 3.61. The summed E-state index contributed by atoms with van der Waals surface area (Å²) in [5, 5.41) is 3.58. The number of unbranched alkanes of at least 4 members (excludes halogenated alkanes) is 2. The molecule has 17 heavy (non-hydrogen) atoms. The normalized spacial score (nSPS) is 14.8. The summed E-state index contributed by atoms with van der Waals surface area (Å²) >= 11 is 0. The van der Waals surface area contributed by atoms with Gasteiger partial charge in [0.05, 0.1) is 0 Å². The van der Waals surface area contributed by atoms with E-state index in [1.807, 2.05) is 0 Å². The first-order valence-electron chi connectivity index (χ1n) is 7.85. The molecule has 1 heteroatoms. The summed E-state index contributed by atoms with van der Waals surface area (Å²) in [6.07, 6.45) is 10.7. The van der Waals surface area contributed by atoms with Crippen LogP contribution in [0.25, 0.3) is 0 Å². The first kappa shape index (κ1) is 17.0. The Morgan fingerprint density at radius 2 is 1.53 bits per heavy atom. The Hall–Kier alpha value is -0.0400. The van der Waals surface area contributed by atoms with E-state index in [0.29, 0.717) is 0 Å². The van der Waals surface area contributed by atoms with Gasteiger partial charge in [0.2, 0.25) is 0 Å². The smallest absolute Gasteiger partial charge is 0.0252 e. The predicted octanol–water partition coefficient (Wildman–Crippen LogP) is 5.17. The second-order valence-corrected chi connectivity index (χ2v) is 5.30. The minimum atomic E-state index is 0.777. The molecule has 0 aromatic carbocycles. The molecule has 0 aromatic heterocycles. The topological polar surface area (TPSA) is 12.0 Å². The molecule has 0 aliphatic rings. The molecule has 0 saturated carbocycles. The maximum Gasteiger partial charge on any atom is 0.0252 e. The van der Waals surface area contributed by atoms with Crippen molar-refractivity contribution in [3.05, 3.63) is 6.54 Å². The lowest BCUT2D eigenvalue weighted by atomic mass is 9.97. The van der Waals surface area contributed by atoms with E-state index in [-0.39, 0.29) is 0 Å². The average Bonchev–Trinajstić information content (AvgIpc) is 2.37. The SMILES string of the molecule is CCCCC([CH]NCC(CC)CCCC)CC. The van der Waals surface area contributed by atoms with Crippen molar-refractivity contribution in [2.24, 2.45) is 11.8 Å². The molecule has 0 heterocycles. The highest BCUT2D eigenvalue weighted by atomic mass is 14.9. The Bertz CT molecular complexity index is 128. The van der Waals surface area contributed by atoms with Gasteiger partial charge in [0.25, 0.3) is 0 Å². The van der Waals surface area contributed by atoms with E-state index < -0.39 is 0 Å². The van der Waals surface area contributed by atoms with E-state index in [4.69, 9.17) is 0 Å². The zero-order valence-corrected chi connectivity index (χ0v) is 12.6. The average molecular weight is 240 g/mol. The summed E-state index contributed by atoms with van der Waals surface area (Å²) in [6.45, 7) is 12.7. The molecule has 0 fully saturated rings. The van der Waals surface area contributed by atoms with Crippen LogP contribution in [-0.4, -0.2) is 6.54 Å². The summed E-state index contributed by atoms with van der Waals surface area (Å²) in [6, 6.07) is 0. The minimum absolute atomic E-state index is 0.777. The maximum absolute atomic E-state index is 3.58. The number of rotatable bonds is 12. The highest BCUT2D eigenvalue weighted by Crippen LogP contribution is 2.16. The van der Waals surface area contributed by atoms with E-state index in [1.165, 1.54) is 57.9 Å². The molecule has 0 spiro atoms. The van der Waals surface area contributed by atoms with Crippen molar-refractivity contribution in [3.8, 4) is 0 Å². The number of hydrogen-bond acceptors (Lipinski definition) is 1. The van der Waals surface area contributed by atoms with E-state index in [9.17, 15) is 0 Å². The van der Waals surface area contributed by atoms with E-state index in [2.05, 4.69) is 39.6 Å². The van der Waals surface area contributed by atoms with Crippen molar-refractivity contribution in [2.75, 3.05) is 6.54 Å².